The number of hydrogen-bond donors (Lipinski definition) is 3. The first-order valence-electron chi connectivity index (χ1n) is 6.65. The number of nitrogens with one attached hydrogen (secondary N) is 2. The summed E-state index contributed by atoms with van der Waals surface area (Å²) in [5.74, 6) is 1.16. The first-order chi connectivity index (χ1) is 9.03. The summed E-state index contributed by atoms with van der Waals surface area (Å²) in [6.45, 7) is 2.35. The first-order valence-corrected chi connectivity index (χ1v) is 8.14. The second kappa shape index (κ2) is 6.02. The Morgan fingerprint density at radius 1 is 1.42 bits per heavy atom. The fraction of sp³-hybridized carbons (Fsp3) is 0.750. The largest absolute Gasteiger partial charge is 0.392 e. The number of aliphatic hydroxyl groups excluding tert-OH is 1. The summed E-state index contributed by atoms with van der Waals surface area (Å²) in [5, 5.41) is 15.1. The second-order valence-electron chi connectivity index (χ2n) is 5.36. The van der Waals surface area contributed by atoms with E-state index in [9.17, 15) is 8.42 Å². The molecule has 1 aliphatic rings. The molecule has 19 heavy (non-hydrogen) atoms. The van der Waals surface area contributed by atoms with E-state index in [2.05, 4.69) is 21.8 Å². The highest BCUT2D eigenvalue weighted by molar-refractivity contribution is 7.89. The Labute approximate surface area is 113 Å². The van der Waals surface area contributed by atoms with Crippen molar-refractivity contribution in [3.8, 4) is 0 Å². The maximum atomic E-state index is 12.1. The molecule has 0 spiro atoms. The quantitative estimate of drug-likeness (QED) is 0.753. The maximum absolute atomic E-state index is 12.1. The summed E-state index contributed by atoms with van der Waals surface area (Å²) in [6, 6.07) is 0. The summed E-state index contributed by atoms with van der Waals surface area (Å²) < 4.78 is 26.8. The highest BCUT2D eigenvalue weighted by atomic mass is 32.2. The third-order valence-corrected chi connectivity index (χ3v) is 5.25. The minimum Gasteiger partial charge on any atom is -0.392 e. The molecule has 2 rings (SSSR count). The van der Waals surface area contributed by atoms with Crippen molar-refractivity contribution in [3.05, 3.63) is 11.8 Å². The number of H-pyrrole nitrogens is 1. The maximum Gasteiger partial charge on any atom is 0.257 e. The molecule has 0 atom stereocenters. The predicted octanol–water partition coefficient (Wildman–Crippen LogP) is 1.01. The van der Waals surface area contributed by atoms with E-state index in [1.54, 1.807) is 0 Å². The van der Waals surface area contributed by atoms with E-state index < -0.39 is 10.0 Å². The van der Waals surface area contributed by atoms with Crippen LogP contribution in [0.15, 0.2) is 11.2 Å². The van der Waals surface area contributed by atoms with Crippen molar-refractivity contribution in [2.24, 2.45) is 11.8 Å². The van der Waals surface area contributed by atoms with Gasteiger partial charge in [-0.2, -0.15) is 5.10 Å². The zero-order valence-corrected chi connectivity index (χ0v) is 11.9. The van der Waals surface area contributed by atoms with Gasteiger partial charge in [0.2, 0.25) is 0 Å². The average molecular weight is 287 g/mol. The molecule has 1 saturated carbocycles. The molecular formula is C12H21N3O3S. The van der Waals surface area contributed by atoms with Gasteiger partial charge in [0, 0.05) is 12.1 Å². The number of sulfonamides is 1. The SMILES string of the molecule is CC1CCC(CNS(=O)(=O)c2[nH]ncc2CO)CC1. The van der Waals surface area contributed by atoms with E-state index in [-0.39, 0.29) is 11.6 Å². The topological polar surface area (TPSA) is 95.1 Å². The molecule has 3 N–H and O–H groups in total. The van der Waals surface area contributed by atoms with Crippen molar-refractivity contribution in [1.82, 2.24) is 14.9 Å². The van der Waals surface area contributed by atoms with Crippen LogP contribution in [0, 0.1) is 11.8 Å². The Morgan fingerprint density at radius 3 is 2.74 bits per heavy atom. The van der Waals surface area contributed by atoms with Crippen molar-refractivity contribution >= 4 is 10.0 Å². The monoisotopic (exact) mass is 287 g/mol. The van der Waals surface area contributed by atoms with Crippen molar-refractivity contribution in [3.63, 3.8) is 0 Å². The lowest BCUT2D eigenvalue weighted by Gasteiger charge is -2.26. The summed E-state index contributed by atoms with van der Waals surface area (Å²) >= 11 is 0. The van der Waals surface area contributed by atoms with Crippen LogP contribution < -0.4 is 4.72 Å². The molecule has 0 amide bonds. The zero-order valence-electron chi connectivity index (χ0n) is 11.1. The lowest BCUT2D eigenvalue weighted by Crippen LogP contribution is -2.31. The molecule has 108 valence electrons. The van der Waals surface area contributed by atoms with Crippen LogP contribution in [0.4, 0.5) is 0 Å². The minimum absolute atomic E-state index is 0.0285. The van der Waals surface area contributed by atoms with E-state index >= 15 is 0 Å². The Kier molecular flexibility index (Phi) is 4.59. The zero-order chi connectivity index (χ0) is 13.9. The predicted molar refractivity (Wildman–Crippen MR) is 70.8 cm³/mol. The van der Waals surface area contributed by atoms with E-state index in [1.807, 2.05) is 0 Å². The summed E-state index contributed by atoms with van der Waals surface area (Å²) in [4.78, 5) is 0. The third kappa shape index (κ3) is 3.55. The highest BCUT2D eigenvalue weighted by Crippen LogP contribution is 2.28. The number of hydrogen-bond acceptors (Lipinski definition) is 4. The van der Waals surface area contributed by atoms with Crippen LogP contribution in [0.5, 0.6) is 0 Å². The van der Waals surface area contributed by atoms with Crippen LogP contribution in [0.2, 0.25) is 0 Å². The molecule has 0 unspecified atom stereocenters. The van der Waals surface area contributed by atoms with Gasteiger partial charge in [0.05, 0.1) is 12.8 Å². The van der Waals surface area contributed by atoms with Crippen LogP contribution in [0.3, 0.4) is 0 Å². The van der Waals surface area contributed by atoms with Gasteiger partial charge in [-0.05, 0) is 24.7 Å². The Hall–Kier alpha value is -0.920. The molecule has 1 aromatic rings. The van der Waals surface area contributed by atoms with Crippen LogP contribution in [-0.2, 0) is 16.6 Å². The van der Waals surface area contributed by atoms with Crippen LogP contribution in [0.25, 0.3) is 0 Å². The van der Waals surface area contributed by atoms with Crippen LogP contribution in [0.1, 0.15) is 38.2 Å². The van der Waals surface area contributed by atoms with Crippen LogP contribution >= 0.6 is 0 Å². The van der Waals surface area contributed by atoms with E-state index in [0.29, 0.717) is 18.0 Å². The number of rotatable bonds is 5. The van der Waals surface area contributed by atoms with Gasteiger partial charge < -0.3 is 5.11 Å². The smallest absolute Gasteiger partial charge is 0.257 e. The molecule has 1 aliphatic carbocycles. The molecule has 1 aromatic heterocycles. The van der Waals surface area contributed by atoms with E-state index in [1.165, 1.54) is 19.0 Å². The van der Waals surface area contributed by atoms with E-state index in [0.717, 1.165) is 18.8 Å². The Bertz CT molecular complexity index is 504. The van der Waals surface area contributed by atoms with Gasteiger partial charge in [0.15, 0.2) is 5.03 Å². The van der Waals surface area contributed by atoms with Gasteiger partial charge in [-0.15, -0.1) is 0 Å². The number of nitrogens with zero attached hydrogens (tertiary/aromatic N) is 1. The molecule has 7 heteroatoms. The summed E-state index contributed by atoms with van der Waals surface area (Å²) in [7, 11) is -3.60. The lowest BCUT2D eigenvalue weighted by molar-refractivity contribution is 0.278. The highest BCUT2D eigenvalue weighted by Gasteiger charge is 2.23. The van der Waals surface area contributed by atoms with Gasteiger partial charge in [-0.25, -0.2) is 13.1 Å². The standard InChI is InChI=1S/C12H21N3O3S/c1-9-2-4-10(5-3-9)6-14-19(17,18)12-11(8-16)7-13-15-12/h7,9-10,14,16H,2-6,8H2,1H3,(H,13,15). The third-order valence-electron chi connectivity index (χ3n) is 3.81. The molecule has 1 heterocycles. The molecule has 1 fully saturated rings. The van der Waals surface area contributed by atoms with Gasteiger partial charge in [0.1, 0.15) is 0 Å². The second-order valence-corrected chi connectivity index (χ2v) is 7.06. The van der Waals surface area contributed by atoms with Crippen molar-refractivity contribution in [2.45, 2.75) is 44.2 Å². The molecule has 0 bridgehead atoms. The fourth-order valence-electron chi connectivity index (χ4n) is 2.48. The minimum atomic E-state index is -3.60. The van der Waals surface area contributed by atoms with Gasteiger partial charge in [0.25, 0.3) is 10.0 Å². The summed E-state index contributed by atoms with van der Waals surface area (Å²) in [5.41, 5.74) is 0.296. The molecule has 0 aromatic carbocycles. The molecule has 0 saturated heterocycles. The fourth-order valence-corrected chi connectivity index (χ4v) is 3.71. The van der Waals surface area contributed by atoms with Crippen LogP contribution in [-0.4, -0.2) is 30.3 Å². The first kappa shape index (κ1) is 14.5. The summed E-state index contributed by atoms with van der Waals surface area (Å²) in [6.07, 6.45) is 5.80. The molecule has 0 radical (unpaired) electrons. The number of aromatic nitrogens is 2. The van der Waals surface area contributed by atoms with Crippen molar-refractivity contribution < 1.29 is 13.5 Å². The van der Waals surface area contributed by atoms with Crippen molar-refractivity contribution in [1.29, 1.82) is 0 Å². The van der Waals surface area contributed by atoms with E-state index in [4.69, 9.17) is 5.11 Å². The lowest BCUT2D eigenvalue weighted by atomic mass is 9.83. The Balaban J connectivity index is 1.95. The van der Waals surface area contributed by atoms with Gasteiger partial charge >= 0.3 is 0 Å². The van der Waals surface area contributed by atoms with Crippen molar-refractivity contribution in [2.75, 3.05) is 6.54 Å². The number of aliphatic hydroxyl groups is 1. The molecular weight excluding hydrogens is 266 g/mol. The van der Waals surface area contributed by atoms with Gasteiger partial charge in [-0.1, -0.05) is 19.8 Å². The normalized spacial score (nSPS) is 24.5. The molecule has 0 aliphatic heterocycles. The Morgan fingerprint density at radius 2 is 2.11 bits per heavy atom. The molecule has 6 nitrogen and oxygen atoms in total. The average Bonchev–Trinajstić information content (AvgIpc) is 2.87. The number of aromatic amines is 1. The van der Waals surface area contributed by atoms with Gasteiger partial charge in [-0.3, -0.25) is 5.10 Å².